The van der Waals surface area contributed by atoms with Crippen molar-refractivity contribution in [3.63, 3.8) is 0 Å². The van der Waals surface area contributed by atoms with Crippen LogP contribution in [-0.4, -0.2) is 65.0 Å². The van der Waals surface area contributed by atoms with Gasteiger partial charge in [0, 0.05) is 43.0 Å². The normalized spacial score (nSPS) is 15.5. The molecule has 2 heterocycles. The summed E-state index contributed by atoms with van der Waals surface area (Å²) in [7, 11) is 1.84. The predicted molar refractivity (Wildman–Crippen MR) is 125 cm³/mol. The summed E-state index contributed by atoms with van der Waals surface area (Å²) >= 11 is 0. The molecule has 1 fully saturated rings. The number of anilines is 1. The zero-order chi connectivity index (χ0) is 23.2. The van der Waals surface area contributed by atoms with Crippen molar-refractivity contribution in [1.82, 2.24) is 20.3 Å². The molecule has 10 nitrogen and oxygen atoms in total. The minimum absolute atomic E-state index is 0.0719. The fourth-order valence-corrected chi connectivity index (χ4v) is 3.65. The Hall–Kier alpha value is -3.53. The fourth-order valence-electron chi connectivity index (χ4n) is 3.65. The monoisotopic (exact) mass is 451 g/mol. The Morgan fingerprint density at radius 1 is 1.39 bits per heavy atom. The standard InChI is InChI=1S/C23H29N7O3/c1-30(14-21(32)27-16(12-24)13-26-15-5-6-15)23-18-3-2-4-19(18)28-22(29-23)20-11-17(7-8-25-20)33-10-9-31/h7-8,11-13,15,31H,2-6,9-10,14,24H2,1H3,(H,27,32)/b16-12+,26-13?. The second-order valence-electron chi connectivity index (χ2n) is 8.13. The number of nitrogens with one attached hydrogen (secondary N) is 1. The van der Waals surface area contributed by atoms with Crippen LogP contribution in [0.2, 0.25) is 0 Å². The van der Waals surface area contributed by atoms with E-state index in [1.165, 1.54) is 6.20 Å². The van der Waals surface area contributed by atoms with Gasteiger partial charge in [0.25, 0.3) is 0 Å². The topological polar surface area (TPSA) is 139 Å². The number of amides is 1. The van der Waals surface area contributed by atoms with Gasteiger partial charge in [0.15, 0.2) is 5.82 Å². The van der Waals surface area contributed by atoms with Crippen LogP contribution in [0.1, 0.15) is 30.5 Å². The summed E-state index contributed by atoms with van der Waals surface area (Å²) in [6.45, 7) is 0.226. The Labute approximate surface area is 192 Å². The molecule has 0 radical (unpaired) electrons. The molecule has 0 unspecified atom stereocenters. The van der Waals surface area contributed by atoms with Gasteiger partial charge in [0.2, 0.25) is 5.91 Å². The van der Waals surface area contributed by atoms with Crippen molar-refractivity contribution >= 4 is 17.9 Å². The molecule has 0 saturated heterocycles. The highest BCUT2D eigenvalue weighted by atomic mass is 16.5. The van der Waals surface area contributed by atoms with Gasteiger partial charge < -0.3 is 25.8 Å². The third-order valence-corrected chi connectivity index (χ3v) is 5.41. The number of allylic oxidation sites excluding steroid dienone is 1. The van der Waals surface area contributed by atoms with Crippen molar-refractivity contribution in [3.05, 3.63) is 41.5 Å². The Bertz CT molecular complexity index is 1070. The molecule has 0 bridgehead atoms. The summed E-state index contributed by atoms with van der Waals surface area (Å²) in [4.78, 5) is 32.7. The number of likely N-dealkylation sites (N-methyl/N-ethyl adjacent to an activating group) is 1. The number of hydrogen-bond acceptors (Lipinski definition) is 9. The number of fused-ring (bicyclic) bond motifs is 1. The molecule has 2 aliphatic carbocycles. The van der Waals surface area contributed by atoms with E-state index >= 15 is 0 Å². The number of ether oxygens (including phenoxy) is 1. The summed E-state index contributed by atoms with van der Waals surface area (Å²) in [5.74, 6) is 1.57. The minimum Gasteiger partial charge on any atom is -0.491 e. The number of aliphatic hydroxyl groups excluding tert-OH is 1. The number of nitrogens with zero attached hydrogens (tertiary/aromatic N) is 5. The lowest BCUT2D eigenvalue weighted by molar-refractivity contribution is -0.118. The number of aryl methyl sites for hydroxylation is 1. The van der Waals surface area contributed by atoms with Crippen LogP contribution in [0.15, 0.2) is 35.2 Å². The van der Waals surface area contributed by atoms with Crippen molar-refractivity contribution in [3.8, 4) is 17.3 Å². The first-order valence-corrected chi connectivity index (χ1v) is 11.1. The highest BCUT2D eigenvalue weighted by Gasteiger charge is 2.24. The molecule has 1 amide bonds. The summed E-state index contributed by atoms with van der Waals surface area (Å²) < 4.78 is 5.49. The number of aromatic nitrogens is 3. The first-order chi connectivity index (χ1) is 16.1. The number of nitrogens with two attached hydrogens (primary N) is 1. The average Bonchev–Trinajstić information content (AvgIpc) is 3.54. The van der Waals surface area contributed by atoms with E-state index in [-0.39, 0.29) is 25.7 Å². The van der Waals surface area contributed by atoms with Gasteiger partial charge in [-0.25, -0.2) is 9.97 Å². The van der Waals surface area contributed by atoms with Gasteiger partial charge in [-0.2, -0.15) is 0 Å². The summed E-state index contributed by atoms with van der Waals surface area (Å²) in [5, 5.41) is 11.8. The lowest BCUT2D eigenvalue weighted by Gasteiger charge is -2.21. The number of pyridine rings is 1. The molecule has 174 valence electrons. The molecule has 4 rings (SSSR count). The molecule has 10 heteroatoms. The molecule has 4 N–H and O–H groups in total. The van der Waals surface area contributed by atoms with Gasteiger partial charge in [-0.05, 0) is 38.2 Å². The second-order valence-corrected chi connectivity index (χ2v) is 8.13. The van der Waals surface area contributed by atoms with E-state index in [0.29, 0.717) is 29.0 Å². The zero-order valence-electron chi connectivity index (χ0n) is 18.7. The van der Waals surface area contributed by atoms with E-state index in [1.807, 2.05) is 11.9 Å². The van der Waals surface area contributed by atoms with Crippen LogP contribution in [0.4, 0.5) is 5.82 Å². The molecule has 0 aliphatic heterocycles. The molecule has 33 heavy (non-hydrogen) atoms. The molecule has 2 aromatic rings. The average molecular weight is 452 g/mol. The van der Waals surface area contributed by atoms with Gasteiger partial charge in [0.1, 0.15) is 23.9 Å². The van der Waals surface area contributed by atoms with Gasteiger partial charge >= 0.3 is 0 Å². The van der Waals surface area contributed by atoms with Crippen LogP contribution >= 0.6 is 0 Å². The minimum atomic E-state index is -0.208. The predicted octanol–water partition coefficient (Wildman–Crippen LogP) is 0.984. The molecule has 1 saturated carbocycles. The Balaban J connectivity index is 1.52. The largest absolute Gasteiger partial charge is 0.491 e. The SMILES string of the molecule is CN(CC(=O)N/C(C=NC1CC1)=C/N)c1nc(-c2cc(OCCO)ccn2)nc2c1CCC2. The van der Waals surface area contributed by atoms with E-state index in [9.17, 15) is 4.79 Å². The van der Waals surface area contributed by atoms with Crippen molar-refractivity contribution in [2.24, 2.45) is 10.7 Å². The van der Waals surface area contributed by atoms with Crippen molar-refractivity contribution in [1.29, 1.82) is 0 Å². The van der Waals surface area contributed by atoms with E-state index in [4.69, 9.17) is 25.5 Å². The van der Waals surface area contributed by atoms with Crippen molar-refractivity contribution in [2.45, 2.75) is 38.1 Å². The third-order valence-electron chi connectivity index (χ3n) is 5.41. The number of rotatable bonds is 10. The van der Waals surface area contributed by atoms with Crippen LogP contribution in [0.5, 0.6) is 5.75 Å². The van der Waals surface area contributed by atoms with Gasteiger partial charge in [0.05, 0.1) is 24.9 Å². The van der Waals surface area contributed by atoms with Crippen molar-refractivity contribution in [2.75, 3.05) is 31.7 Å². The molecular weight excluding hydrogens is 422 g/mol. The maximum Gasteiger partial charge on any atom is 0.244 e. The van der Waals surface area contributed by atoms with E-state index in [1.54, 1.807) is 24.5 Å². The number of carbonyl (C=O) groups is 1. The Morgan fingerprint density at radius 3 is 3.00 bits per heavy atom. The van der Waals surface area contributed by atoms with Crippen molar-refractivity contribution < 1.29 is 14.6 Å². The number of aliphatic hydroxyl groups is 1. The molecule has 0 spiro atoms. The van der Waals surface area contributed by atoms with E-state index in [0.717, 1.165) is 49.2 Å². The lowest BCUT2D eigenvalue weighted by atomic mass is 10.2. The van der Waals surface area contributed by atoms with E-state index in [2.05, 4.69) is 15.3 Å². The maximum atomic E-state index is 12.7. The van der Waals surface area contributed by atoms with Gasteiger partial charge in [-0.3, -0.25) is 14.8 Å². The van der Waals surface area contributed by atoms with E-state index < -0.39 is 0 Å². The number of hydrogen-bond donors (Lipinski definition) is 3. The number of carbonyl (C=O) groups excluding carboxylic acids is 1. The maximum absolute atomic E-state index is 12.7. The number of aliphatic imine (C=N–C) groups is 1. The highest BCUT2D eigenvalue weighted by molar-refractivity contribution is 5.90. The van der Waals surface area contributed by atoms with Crippen LogP contribution < -0.4 is 20.7 Å². The quantitative estimate of drug-likeness (QED) is 0.455. The molecule has 0 atom stereocenters. The zero-order valence-corrected chi connectivity index (χ0v) is 18.7. The molecule has 2 aromatic heterocycles. The molecule has 0 aromatic carbocycles. The molecular formula is C23H29N7O3. The summed E-state index contributed by atoms with van der Waals surface area (Å²) in [6, 6.07) is 3.82. The van der Waals surface area contributed by atoms with Crippen LogP contribution in [0.25, 0.3) is 11.5 Å². The first kappa shape index (κ1) is 22.7. The first-order valence-electron chi connectivity index (χ1n) is 11.1. The van der Waals surface area contributed by atoms with Crippen LogP contribution in [0, 0.1) is 0 Å². The van der Waals surface area contributed by atoms with Gasteiger partial charge in [-0.15, -0.1) is 0 Å². The lowest BCUT2D eigenvalue weighted by Crippen LogP contribution is -2.36. The Morgan fingerprint density at radius 2 is 2.24 bits per heavy atom. The second kappa shape index (κ2) is 10.4. The van der Waals surface area contributed by atoms with Crippen LogP contribution in [-0.2, 0) is 17.6 Å². The highest BCUT2D eigenvalue weighted by Crippen LogP contribution is 2.31. The van der Waals surface area contributed by atoms with Gasteiger partial charge in [-0.1, -0.05) is 0 Å². The Kier molecular flexibility index (Phi) is 7.13. The molecule has 2 aliphatic rings. The summed E-state index contributed by atoms with van der Waals surface area (Å²) in [5.41, 5.74) is 8.73. The van der Waals surface area contributed by atoms with Crippen LogP contribution in [0.3, 0.4) is 0 Å². The smallest absolute Gasteiger partial charge is 0.244 e. The fraction of sp³-hybridized carbons (Fsp3) is 0.435. The summed E-state index contributed by atoms with van der Waals surface area (Å²) in [6.07, 6.45) is 9.47. The third kappa shape index (κ3) is 5.83.